The van der Waals surface area contributed by atoms with Crippen molar-refractivity contribution >= 4 is 17.6 Å². The Labute approximate surface area is 166 Å². The lowest BCUT2D eigenvalue weighted by Gasteiger charge is -2.17. The minimum absolute atomic E-state index is 0.0339. The van der Waals surface area contributed by atoms with Gasteiger partial charge in [-0.3, -0.25) is 4.79 Å². The van der Waals surface area contributed by atoms with Crippen molar-refractivity contribution in [2.24, 2.45) is 0 Å². The molecule has 0 aliphatic rings. The van der Waals surface area contributed by atoms with Gasteiger partial charge < -0.3 is 14.8 Å². The molecule has 0 aliphatic carbocycles. The van der Waals surface area contributed by atoms with Crippen LogP contribution in [0, 0.1) is 0 Å². The fourth-order valence-electron chi connectivity index (χ4n) is 2.29. The highest BCUT2D eigenvalue weighted by atomic mass is 19.4. The van der Waals surface area contributed by atoms with Gasteiger partial charge in [-0.2, -0.15) is 13.2 Å². The fraction of sp³-hybridized carbons (Fsp3) is 0.333. The Balaban J connectivity index is 1.99. The molecule has 8 heteroatoms. The summed E-state index contributed by atoms with van der Waals surface area (Å²) in [6, 6.07) is 10.3. The molecule has 0 spiro atoms. The molecule has 2 aromatic rings. The molecule has 0 aromatic heterocycles. The first-order chi connectivity index (χ1) is 13.6. The second kappa shape index (κ2) is 9.45. The predicted octanol–water partition coefficient (Wildman–Crippen LogP) is 5.07. The van der Waals surface area contributed by atoms with Crippen molar-refractivity contribution in [2.75, 3.05) is 5.32 Å². The largest absolute Gasteiger partial charge is 0.479 e. The normalized spacial score (nSPS) is 13.3. The Bertz CT molecular complexity index is 850. The molecule has 0 heterocycles. The van der Waals surface area contributed by atoms with Crippen molar-refractivity contribution in [1.82, 2.24) is 0 Å². The van der Waals surface area contributed by atoms with E-state index >= 15 is 0 Å². The number of anilines is 1. The summed E-state index contributed by atoms with van der Waals surface area (Å²) in [6.45, 7) is 5.23. The van der Waals surface area contributed by atoms with Crippen molar-refractivity contribution in [3.63, 3.8) is 0 Å². The first-order valence-electron chi connectivity index (χ1n) is 9.06. The lowest BCUT2D eigenvalue weighted by molar-refractivity contribution is -0.155. The third-order valence-electron chi connectivity index (χ3n) is 4.10. The summed E-state index contributed by atoms with van der Waals surface area (Å²) in [7, 11) is 0. The molecule has 29 heavy (non-hydrogen) atoms. The highest BCUT2D eigenvalue weighted by Crippen LogP contribution is 2.30. The van der Waals surface area contributed by atoms with Crippen LogP contribution >= 0.6 is 0 Å². The monoisotopic (exact) mass is 409 g/mol. The van der Waals surface area contributed by atoms with Crippen LogP contribution in [0.2, 0.25) is 0 Å². The van der Waals surface area contributed by atoms with E-state index in [0.717, 1.165) is 12.1 Å². The van der Waals surface area contributed by atoms with E-state index in [4.69, 9.17) is 9.47 Å². The summed E-state index contributed by atoms with van der Waals surface area (Å²) < 4.78 is 49.0. The van der Waals surface area contributed by atoms with Crippen molar-refractivity contribution in [3.05, 3.63) is 59.7 Å². The fourth-order valence-corrected chi connectivity index (χ4v) is 2.29. The van der Waals surface area contributed by atoms with Gasteiger partial charge in [-0.25, -0.2) is 4.79 Å². The number of carbonyl (C=O) groups excluding carboxylic acids is 2. The van der Waals surface area contributed by atoms with Gasteiger partial charge in [0, 0.05) is 11.3 Å². The number of rotatable bonds is 7. The molecule has 0 radical (unpaired) electrons. The van der Waals surface area contributed by atoms with Crippen LogP contribution in [0.1, 0.15) is 43.1 Å². The maximum absolute atomic E-state index is 12.8. The number of halogens is 3. The van der Waals surface area contributed by atoms with Crippen LogP contribution in [0.25, 0.3) is 0 Å². The lowest BCUT2D eigenvalue weighted by atomic mass is 10.1. The van der Waals surface area contributed by atoms with Crippen molar-refractivity contribution in [1.29, 1.82) is 0 Å². The van der Waals surface area contributed by atoms with Gasteiger partial charge in [-0.1, -0.05) is 13.0 Å². The topological polar surface area (TPSA) is 64.6 Å². The quantitative estimate of drug-likeness (QED) is 0.649. The van der Waals surface area contributed by atoms with E-state index in [0.29, 0.717) is 12.2 Å². The molecule has 0 aliphatic heterocycles. The molecular formula is C21H22F3NO4. The molecule has 5 nitrogen and oxygen atoms in total. The van der Waals surface area contributed by atoms with Gasteiger partial charge >= 0.3 is 12.1 Å². The van der Waals surface area contributed by atoms with Crippen molar-refractivity contribution < 1.29 is 32.2 Å². The molecule has 2 unspecified atom stereocenters. The van der Waals surface area contributed by atoms with E-state index in [1.54, 1.807) is 13.8 Å². The summed E-state index contributed by atoms with van der Waals surface area (Å²) in [5, 5.41) is 2.42. The van der Waals surface area contributed by atoms with Gasteiger partial charge in [0.25, 0.3) is 5.91 Å². The Morgan fingerprint density at radius 2 is 1.72 bits per heavy atom. The standard InChI is InChI=1S/C21H22F3NO4/c1-4-13(2)28-20(27)14(3)29-18-10-8-15(9-11-18)19(26)25-17-7-5-6-16(12-17)21(22,23)24/h5-14H,4H2,1-3H3,(H,25,26). The van der Waals surface area contributed by atoms with Gasteiger partial charge in [-0.15, -0.1) is 0 Å². The summed E-state index contributed by atoms with van der Waals surface area (Å²) in [4.78, 5) is 24.2. The SMILES string of the molecule is CCC(C)OC(=O)C(C)Oc1ccc(C(=O)Nc2cccc(C(F)(F)F)c2)cc1. The van der Waals surface area contributed by atoms with Crippen LogP contribution in [0.5, 0.6) is 5.75 Å². The number of benzene rings is 2. The Kier molecular flexibility index (Phi) is 7.25. The van der Waals surface area contributed by atoms with Gasteiger partial charge in [0.1, 0.15) is 5.75 Å². The van der Waals surface area contributed by atoms with Gasteiger partial charge in [-0.05, 0) is 62.7 Å². The number of alkyl halides is 3. The Morgan fingerprint density at radius 3 is 2.31 bits per heavy atom. The molecule has 2 aromatic carbocycles. The molecule has 0 saturated carbocycles. The average molecular weight is 409 g/mol. The Morgan fingerprint density at radius 1 is 1.07 bits per heavy atom. The number of amides is 1. The van der Waals surface area contributed by atoms with E-state index in [1.807, 2.05) is 6.92 Å². The maximum Gasteiger partial charge on any atom is 0.416 e. The van der Waals surface area contributed by atoms with E-state index in [1.165, 1.54) is 36.4 Å². The summed E-state index contributed by atoms with van der Waals surface area (Å²) in [5.41, 5.74) is -0.589. The van der Waals surface area contributed by atoms with Crippen LogP contribution in [-0.2, 0) is 15.7 Å². The molecule has 2 rings (SSSR count). The van der Waals surface area contributed by atoms with Crippen LogP contribution in [0.4, 0.5) is 18.9 Å². The molecule has 0 fully saturated rings. The average Bonchev–Trinajstić information content (AvgIpc) is 2.67. The summed E-state index contributed by atoms with van der Waals surface area (Å²) in [5.74, 6) is -0.708. The minimum Gasteiger partial charge on any atom is -0.479 e. The first kappa shape index (κ1) is 22.3. The molecule has 1 amide bonds. The van der Waals surface area contributed by atoms with Crippen molar-refractivity contribution in [2.45, 2.75) is 45.6 Å². The highest BCUT2D eigenvalue weighted by Gasteiger charge is 2.30. The third-order valence-corrected chi connectivity index (χ3v) is 4.10. The molecule has 2 atom stereocenters. The Hall–Kier alpha value is -3.03. The molecule has 0 bridgehead atoms. The number of hydrogen-bond acceptors (Lipinski definition) is 4. The minimum atomic E-state index is -4.49. The zero-order valence-corrected chi connectivity index (χ0v) is 16.2. The third kappa shape index (κ3) is 6.51. The number of esters is 1. The molecular weight excluding hydrogens is 387 g/mol. The number of ether oxygens (including phenoxy) is 2. The van der Waals surface area contributed by atoms with E-state index in [-0.39, 0.29) is 17.4 Å². The van der Waals surface area contributed by atoms with Gasteiger partial charge in [0.15, 0.2) is 6.10 Å². The van der Waals surface area contributed by atoms with Gasteiger partial charge in [0.05, 0.1) is 11.7 Å². The van der Waals surface area contributed by atoms with E-state index in [2.05, 4.69) is 5.32 Å². The predicted molar refractivity (Wildman–Crippen MR) is 102 cm³/mol. The lowest BCUT2D eigenvalue weighted by Crippen LogP contribution is -2.29. The van der Waals surface area contributed by atoms with Crippen LogP contribution in [0.3, 0.4) is 0 Å². The highest BCUT2D eigenvalue weighted by molar-refractivity contribution is 6.04. The van der Waals surface area contributed by atoms with Crippen LogP contribution in [0.15, 0.2) is 48.5 Å². The number of nitrogens with one attached hydrogen (secondary N) is 1. The summed E-state index contributed by atoms with van der Waals surface area (Å²) in [6.07, 6.45) is -4.84. The maximum atomic E-state index is 12.8. The number of hydrogen-bond donors (Lipinski definition) is 1. The second-order valence-corrected chi connectivity index (χ2v) is 6.47. The van der Waals surface area contributed by atoms with Crippen molar-refractivity contribution in [3.8, 4) is 5.75 Å². The second-order valence-electron chi connectivity index (χ2n) is 6.47. The summed E-state index contributed by atoms with van der Waals surface area (Å²) >= 11 is 0. The molecule has 0 saturated heterocycles. The van der Waals surface area contributed by atoms with Crippen LogP contribution < -0.4 is 10.1 Å². The van der Waals surface area contributed by atoms with Gasteiger partial charge in [0.2, 0.25) is 0 Å². The van der Waals surface area contributed by atoms with E-state index in [9.17, 15) is 22.8 Å². The number of carbonyl (C=O) groups is 2. The van der Waals surface area contributed by atoms with E-state index < -0.39 is 29.7 Å². The zero-order valence-electron chi connectivity index (χ0n) is 16.2. The zero-order chi connectivity index (χ0) is 21.6. The van der Waals surface area contributed by atoms with Crippen LogP contribution in [-0.4, -0.2) is 24.1 Å². The smallest absolute Gasteiger partial charge is 0.416 e. The first-order valence-corrected chi connectivity index (χ1v) is 9.06. The molecule has 1 N–H and O–H groups in total. The molecule has 156 valence electrons.